The number of sulfone groups is 1. The van der Waals surface area contributed by atoms with Crippen molar-refractivity contribution in [3.05, 3.63) is 65.2 Å². The Morgan fingerprint density at radius 1 is 1.03 bits per heavy atom. The van der Waals surface area contributed by atoms with Crippen molar-refractivity contribution in [1.82, 2.24) is 10.2 Å². The third kappa shape index (κ3) is 4.76. The molecule has 2 aromatic carbocycles. The van der Waals surface area contributed by atoms with E-state index in [1.807, 2.05) is 37.3 Å². The predicted octanol–water partition coefficient (Wildman–Crippen LogP) is 4.63. The molecule has 2 amide bonds. The lowest BCUT2D eigenvalue weighted by Gasteiger charge is -2.10. The van der Waals surface area contributed by atoms with E-state index in [2.05, 4.69) is 20.8 Å². The number of hydrogen-bond acceptors (Lipinski definition) is 6. The van der Waals surface area contributed by atoms with Crippen molar-refractivity contribution in [1.29, 1.82) is 0 Å². The first-order valence-electron chi connectivity index (χ1n) is 8.45. The molecule has 1 aromatic heterocycles. The molecule has 0 saturated carbocycles. The number of rotatable bonds is 5. The lowest BCUT2D eigenvalue weighted by atomic mass is 10.0. The monoisotopic (exact) mass is 456 g/mol. The number of halogens is 3. The van der Waals surface area contributed by atoms with Gasteiger partial charge in [0.15, 0.2) is 0 Å². The van der Waals surface area contributed by atoms with Gasteiger partial charge in [0.1, 0.15) is 5.01 Å². The minimum atomic E-state index is -5.52. The van der Waals surface area contributed by atoms with E-state index < -0.39 is 26.3 Å². The molecule has 1 unspecified atom stereocenters. The molecular weight excluding hydrogens is 441 g/mol. The highest BCUT2D eigenvalue weighted by molar-refractivity contribution is 7.92. The molecule has 1 atom stereocenters. The van der Waals surface area contributed by atoms with Gasteiger partial charge in [-0.2, -0.15) is 13.2 Å². The first kappa shape index (κ1) is 21.7. The molecule has 3 aromatic rings. The van der Waals surface area contributed by atoms with Gasteiger partial charge in [0, 0.05) is 11.6 Å². The van der Waals surface area contributed by atoms with E-state index in [0.29, 0.717) is 5.01 Å². The zero-order valence-corrected chi connectivity index (χ0v) is 17.0. The SMILES string of the molecule is CC(c1ccccc1)c1nnc(NC(=O)Nc2cccc(S(=O)(=O)C(F)(F)F)c2)s1. The molecule has 0 fully saturated rings. The van der Waals surface area contributed by atoms with Gasteiger partial charge < -0.3 is 5.32 Å². The minimum absolute atomic E-state index is 0.0495. The maximum atomic E-state index is 12.7. The summed E-state index contributed by atoms with van der Waals surface area (Å²) in [4.78, 5) is 11.2. The summed E-state index contributed by atoms with van der Waals surface area (Å²) in [5, 5.41) is 13.5. The van der Waals surface area contributed by atoms with Crippen LogP contribution in [0.25, 0.3) is 0 Å². The van der Waals surface area contributed by atoms with Crippen LogP contribution in [0.15, 0.2) is 59.5 Å². The smallest absolute Gasteiger partial charge is 0.308 e. The number of nitrogens with zero attached hydrogens (tertiary/aromatic N) is 2. The average Bonchev–Trinajstić information content (AvgIpc) is 3.15. The van der Waals surface area contributed by atoms with Crippen LogP contribution in [0.1, 0.15) is 23.4 Å². The third-order valence-corrected chi connectivity index (χ3v) is 6.54. The Labute approximate surface area is 173 Å². The number of carbonyl (C=O) groups is 1. The molecule has 158 valence electrons. The number of nitrogens with one attached hydrogen (secondary N) is 2. The summed E-state index contributed by atoms with van der Waals surface area (Å²) < 4.78 is 61.1. The number of urea groups is 1. The van der Waals surface area contributed by atoms with E-state index >= 15 is 0 Å². The van der Waals surface area contributed by atoms with Crippen LogP contribution in [0.3, 0.4) is 0 Å². The molecule has 1 heterocycles. The summed E-state index contributed by atoms with van der Waals surface area (Å²) >= 11 is 1.15. The van der Waals surface area contributed by atoms with Gasteiger partial charge in [-0.05, 0) is 23.8 Å². The van der Waals surface area contributed by atoms with Crippen LogP contribution in [-0.4, -0.2) is 30.2 Å². The molecule has 0 radical (unpaired) electrons. The van der Waals surface area contributed by atoms with Crippen LogP contribution in [0.5, 0.6) is 0 Å². The van der Waals surface area contributed by atoms with Crippen LogP contribution in [0.2, 0.25) is 0 Å². The van der Waals surface area contributed by atoms with Crippen LogP contribution in [-0.2, 0) is 9.84 Å². The van der Waals surface area contributed by atoms with Crippen molar-refractivity contribution in [3.63, 3.8) is 0 Å². The summed E-state index contributed by atoms with van der Waals surface area (Å²) in [7, 11) is -5.52. The number of alkyl halides is 3. The first-order chi connectivity index (χ1) is 14.1. The summed E-state index contributed by atoms with van der Waals surface area (Å²) in [5.74, 6) is -0.0495. The van der Waals surface area contributed by atoms with Crippen molar-refractivity contribution >= 4 is 38.0 Å². The number of aromatic nitrogens is 2. The molecule has 30 heavy (non-hydrogen) atoms. The van der Waals surface area contributed by atoms with E-state index in [1.165, 1.54) is 6.07 Å². The van der Waals surface area contributed by atoms with Gasteiger partial charge >= 0.3 is 11.5 Å². The van der Waals surface area contributed by atoms with Gasteiger partial charge in [0.25, 0.3) is 9.84 Å². The lowest BCUT2D eigenvalue weighted by Crippen LogP contribution is -2.24. The molecule has 0 aliphatic carbocycles. The van der Waals surface area contributed by atoms with Gasteiger partial charge in [-0.15, -0.1) is 10.2 Å². The van der Waals surface area contributed by atoms with Crippen molar-refractivity contribution in [2.75, 3.05) is 10.6 Å². The van der Waals surface area contributed by atoms with Gasteiger partial charge in [-0.25, -0.2) is 13.2 Å². The molecule has 0 bridgehead atoms. The fourth-order valence-corrected chi connectivity index (χ4v) is 4.10. The Morgan fingerprint density at radius 2 is 1.73 bits per heavy atom. The van der Waals surface area contributed by atoms with Crippen LogP contribution in [0, 0.1) is 0 Å². The topological polar surface area (TPSA) is 101 Å². The van der Waals surface area contributed by atoms with E-state index in [4.69, 9.17) is 0 Å². The maximum Gasteiger partial charge on any atom is 0.501 e. The Balaban J connectivity index is 1.69. The summed E-state index contributed by atoms with van der Waals surface area (Å²) in [6.45, 7) is 1.94. The van der Waals surface area contributed by atoms with Gasteiger partial charge in [0.05, 0.1) is 4.90 Å². The summed E-state index contributed by atoms with van der Waals surface area (Å²) in [6, 6.07) is 12.6. The van der Waals surface area contributed by atoms with E-state index in [1.54, 1.807) is 0 Å². The zero-order valence-electron chi connectivity index (χ0n) is 15.3. The first-order valence-corrected chi connectivity index (χ1v) is 10.8. The molecule has 3 rings (SSSR count). The average molecular weight is 456 g/mol. The molecular formula is C18H15F3N4O3S2. The molecule has 0 spiro atoms. The quantitative estimate of drug-likeness (QED) is 0.583. The van der Waals surface area contributed by atoms with Crippen molar-refractivity contribution in [2.45, 2.75) is 23.2 Å². The lowest BCUT2D eigenvalue weighted by molar-refractivity contribution is -0.0435. The highest BCUT2D eigenvalue weighted by Gasteiger charge is 2.46. The van der Waals surface area contributed by atoms with Crippen molar-refractivity contribution in [2.24, 2.45) is 0 Å². The van der Waals surface area contributed by atoms with Crippen LogP contribution < -0.4 is 10.6 Å². The second-order valence-corrected chi connectivity index (χ2v) is 9.08. The molecule has 0 aliphatic heterocycles. The fourth-order valence-electron chi connectivity index (χ4n) is 2.48. The number of amides is 2. The molecule has 0 aliphatic rings. The Kier molecular flexibility index (Phi) is 6.08. The molecule has 12 heteroatoms. The summed E-state index contributed by atoms with van der Waals surface area (Å²) in [6.07, 6.45) is 0. The summed E-state index contributed by atoms with van der Waals surface area (Å²) in [5.41, 5.74) is -4.54. The molecule has 7 nitrogen and oxygen atoms in total. The highest BCUT2D eigenvalue weighted by Crippen LogP contribution is 2.31. The van der Waals surface area contributed by atoms with Crippen LogP contribution in [0.4, 0.5) is 28.8 Å². The van der Waals surface area contributed by atoms with Crippen LogP contribution >= 0.6 is 11.3 Å². The van der Waals surface area contributed by atoms with Crippen molar-refractivity contribution in [3.8, 4) is 0 Å². The number of anilines is 2. The minimum Gasteiger partial charge on any atom is -0.308 e. The maximum absolute atomic E-state index is 12.7. The second-order valence-electron chi connectivity index (χ2n) is 6.13. The van der Waals surface area contributed by atoms with Gasteiger partial charge in [0.2, 0.25) is 5.13 Å². The van der Waals surface area contributed by atoms with E-state index in [9.17, 15) is 26.4 Å². The molecule has 0 saturated heterocycles. The fraction of sp³-hybridized carbons (Fsp3) is 0.167. The Morgan fingerprint density at radius 3 is 2.40 bits per heavy atom. The molecule has 2 N–H and O–H groups in total. The number of benzene rings is 2. The highest BCUT2D eigenvalue weighted by atomic mass is 32.2. The third-order valence-electron chi connectivity index (χ3n) is 4.04. The number of carbonyl (C=O) groups excluding carboxylic acids is 1. The predicted molar refractivity (Wildman–Crippen MR) is 106 cm³/mol. The number of hydrogen-bond donors (Lipinski definition) is 2. The standard InChI is InChI=1S/C18H15F3N4O3S2/c1-11(12-6-3-2-4-7-12)15-24-25-17(29-15)23-16(26)22-13-8-5-9-14(10-13)30(27,28)18(19,20)21/h2-11H,1H3,(H2,22,23,25,26). The zero-order chi connectivity index (χ0) is 21.9. The normalized spacial score (nSPS) is 12.9. The van der Waals surface area contributed by atoms with E-state index in [-0.39, 0.29) is 16.7 Å². The van der Waals surface area contributed by atoms with E-state index in [0.717, 1.165) is 35.1 Å². The second kappa shape index (κ2) is 8.40. The Hall–Kier alpha value is -2.99. The largest absolute Gasteiger partial charge is 0.501 e. The Bertz CT molecular complexity index is 1150. The van der Waals surface area contributed by atoms with Gasteiger partial charge in [-0.1, -0.05) is 54.7 Å². The van der Waals surface area contributed by atoms with Gasteiger partial charge in [-0.3, -0.25) is 5.32 Å². The van der Waals surface area contributed by atoms with Crippen molar-refractivity contribution < 1.29 is 26.4 Å².